The Bertz CT molecular complexity index is 6400. The van der Waals surface area contributed by atoms with Gasteiger partial charge in [0.05, 0.1) is 45.1 Å². The average molecular weight is 2740 g/mol. The van der Waals surface area contributed by atoms with Crippen molar-refractivity contribution < 1.29 is 132 Å². The van der Waals surface area contributed by atoms with E-state index in [9.17, 15) is 34.5 Å². The predicted octanol–water partition coefficient (Wildman–Crippen LogP) is 35.9. The molecule has 4 aliphatic rings. The summed E-state index contributed by atoms with van der Waals surface area (Å²) in [6.45, 7) is 38.6. The summed E-state index contributed by atoms with van der Waals surface area (Å²) in [5.74, 6) is 3.06. The molecule has 4 saturated carbocycles. The smallest absolute Gasteiger partial charge is 0.162 e. The van der Waals surface area contributed by atoms with Crippen molar-refractivity contribution in [3.63, 3.8) is 0 Å². The molecule has 16 rings (SSSR count). The van der Waals surface area contributed by atoms with Gasteiger partial charge in [-0.2, -0.15) is 0 Å². The minimum atomic E-state index is -2.02. The number of hydrogen-bond acceptors (Lipinski definition) is 12. The fraction of sp³-hybridized carbons (Fsp3) is 0.463. The summed E-state index contributed by atoms with van der Waals surface area (Å²) in [5, 5.41) is 42.6. The maximum absolute atomic E-state index is 12.0. The molecule has 4 heterocycles. The van der Waals surface area contributed by atoms with Crippen molar-refractivity contribution in [2.75, 3.05) is 0 Å². The van der Waals surface area contributed by atoms with E-state index in [0.717, 1.165) is 216 Å². The molecule has 150 heavy (non-hydrogen) atoms. The zero-order valence-corrected chi connectivity index (χ0v) is 103. The van der Waals surface area contributed by atoms with Gasteiger partial charge >= 0.3 is 0 Å². The van der Waals surface area contributed by atoms with Crippen LogP contribution in [-0.2, 0) is 125 Å². The van der Waals surface area contributed by atoms with Crippen LogP contribution in [0.4, 0.5) is 0 Å². The number of aliphatic hydroxyl groups is 4. The monoisotopic (exact) mass is 2750 g/mol. The van der Waals surface area contributed by atoms with Gasteiger partial charge in [0, 0.05) is 174 Å². The zero-order valence-electron chi connectivity index (χ0n) is 102. The number of pyridine rings is 4. The van der Waals surface area contributed by atoms with E-state index in [-0.39, 0.29) is 151 Å². The molecular formula is C134H172Ir4N4O8-4. The molecule has 4 fully saturated rings. The van der Waals surface area contributed by atoms with E-state index in [2.05, 4.69) is 172 Å². The van der Waals surface area contributed by atoms with Crippen molar-refractivity contribution in [3.05, 3.63) is 308 Å². The Morgan fingerprint density at radius 1 is 0.367 bits per heavy atom. The predicted molar refractivity (Wildman–Crippen MR) is 614 cm³/mol. The number of fused-ring (bicyclic) bond motifs is 4. The van der Waals surface area contributed by atoms with Gasteiger partial charge in [0.25, 0.3) is 0 Å². The summed E-state index contributed by atoms with van der Waals surface area (Å²) in [6, 6.07) is 70.9. The molecule has 4 aliphatic carbocycles. The van der Waals surface area contributed by atoms with E-state index in [1.165, 1.54) is 113 Å². The molecule has 4 radical (unpaired) electrons. The second-order valence-electron chi connectivity index (χ2n) is 44.2. The fourth-order valence-corrected chi connectivity index (χ4v) is 20.8. The Hall–Kier alpha value is -9.16. The molecule has 816 valence electrons. The number of aromatic nitrogens is 4. The number of rotatable bonds is 23. The van der Waals surface area contributed by atoms with Crippen LogP contribution in [-0.4, -0.2) is 63.5 Å². The Morgan fingerprint density at radius 2 is 0.660 bits per heavy atom. The van der Waals surface area contributed by atoms with Crippen molar-refractivity contribution >= 4 is 66.7 Å². The first-order valence-corrected chi connectivity index (χ1v) is 53.7. The maximum atomic E-state index is 12.0. The van der Waals surface area contributed by atoms with Gasteiger partial charge in [-0.1, -0.05) is 334 Å². The third-order valence-corrected chi connectivity index (χ3v) is 27.4. The van der Waals surface area contributed by atoms with Crippen LogP contribution in [0.15, 0.2) is 217 Å². The van der Waals surface area contributed by atoms with Crippen LogP contribution in [0.1, 0.15) is 338 Å². The molecule has 0 bridgehead atoms. The molecule has 12 aromatic rings. The van der Waals surface area contributed by atoms with Gasteiger partial charge in [-0.25, -0.2) is 0 Å². The van der Waals surface area contributed by atoms with Crippen LogP contribution < -0.4 is 0 Å². The first-order valence-electron chi connectivity index (χ1n) is 58.2. The second-order valence-corrected chi connectivity index (χ2v) is 44.2. The molecule has 4 aromatic heterocycles. The Kier molecular flexibility index (Phi) is 49.4. The fourth-order valence-electron chi connectivity index (χ4n) is 20.8. The summed E-state index contributed by atoms with van der Waals surface area (Å²) in [5.41, 5.74) is 22.2. The summed E-state index contributed by atoms with van der Waals surface area (Å²) < 4.78 is 70.9. The average Bonchev–Trinajstić information content (AvgIpc) is 0.977. The van der Waals surface area contributed by atoms with Gasteiger partial charge in [-0.15, -0.1) is 140 Å². The molecule has 8 aromatic carbocycles. The zero-order chi connectivity index (χ0) is 114. The number of ketones is 4. The number of aryl methyl sites for hydroxylation is 9. The number of benzene rings is 8. The summed E-state index contributed by atoms with van der Waals surface area (Å²) in [4.78, 5) is 65.0. The van der Waals surface area contributed by atoms with Crippen LogP contribution >= 0.6 is 0 Å². The topological polar surface area (TPSA) is 201 Å². The number of carbonyl (C=O) groups is 4. The Balaban J connectivity index is 0.000000323. The van der Waals surface area contributed by atoms with Crippen molar-refractivity contribution in [3.8, 4) is 45.0 Å². The number of aliphatic hydroxyl groups excluding tert-OH is 4. The minimum absolute atomic E-state index is 0. The molecule has 12 nitrogen and oxygen atoms in total. The summed E-state index contributed by atoms with van der Waals surface area (Å²) in [7, 11) is 0. The van der Waals surface area contributed by atoms with Gasteiger partial charge in [-0.3, -0.25) is 39.1 Å². The van der Waals surface area contributed by atoms with E-state index >= 15 is 0 Å². The van der Waals surface area contributed by atoms with Crippen LogP contribution in [0.3, 0.4) is 0 Å². The standard InChI is InChI=1S/3C22H24N.C20H20N.C15H24O2.C15H28O2.C13H20O2.C5H8O2.4Ir/c3*1-15-10-16(2)12-17(11-15)21-13-18(14-22(3,4)5)19-8-6-7-9-20(19)23-21;1-4-6-16-7-5-8-20-18(16)9-10-19(21-20)17-12-14(2)11-15(3)13-17;16-14(12-7-3-1-4-8-12)11-15(17)13-9-5-2-6-10-13;1-7-12(8-2)13(16)9-14(17)15(10(3)4)11(5)6;14-12(10-5-1-2-6-10)9-13(15)11-7-3-4-8-11;1-4(6)3-5(2)7;;;;/h3*6-11,13H,14H2,1-5H3;5,7-12H,4,6H2,1-3H3;11-13,16H,1-10H2;9-12,15,17H,7-8H2,1-6H3;9-11,14H,1-8H2;3,6H,1-2H3;;;;/q4*-1;;;;;;;;/i3*3D3;;;;;;;;;. The van der Waals surface area contributed by atoms with Gasteiger partial charge in [0.1, 0.15) is 0 Å². The number of carbonyl (C=O) groups excluding carboxylic acids is 4. The van der Waals surface area contributed by atoms with Crippen molar-refractivity contribution in [2.24, 2.45) is 63.6 Å². The Labute approximate surface area is 968 Å². The van der Waals surface area contributed by atoms with E-state index in [1.807, 2.05) is 126 Å². The molecule has 0 unspecified atom stereocenters. The van der Waals surface area contributed by atoms with Gasteiger partial charge in [0.2, 0.25) is 0 Å². The molecule has 0 amide bonds. The van der Waals surface area contributed by atoms with Gasteiger partial charge in [-0.05, 0) is 201 Å². The summed E-state index contributed by atoms with van der Waals surface area (Å²) in [6.07, 6.45) is 31.4. The third-order valence-electron chi connectivity index (χ3n) is 27.4. The molecule has 0 saturated heterocycles. The quantitative estimate of drug-likeness (QED) is 0.0269. The van der Waals surface area contributed by atoms with Crippen LogP contribution in [0, 0.1) is 143 Å². The van der Waals surface area contributed by atoms with Crippen LogP contribution in [0.25, 0.3) is 88.6 Å². The van der Waals surface area contributed by atoms with E-state index in [4.69, 9.17) is 37.4 Å². The second kappa shape index (κ2) is 63.6. The first kappa shape index (κ1) is 116. The van der Waals surface area contributed by atoms with Crippen molar-refractivity contribution in [2.45, 2.75) is 340 Å². The molecule has 4 N–H and O–H groups in total. The maximum Gasteiger partial charge on any atom is 0.162 e. The van der Waals surface area contributed by atoms with E-state index in [0.29, 0.717) is 42.6 Å². The van der Waals surface area contributed by atoms with Gasteiger partial charge in [0.15, 0.2) is 23.1 Å². The molecule has 0 spiro atoms. The van der Waals surface area contributed by atoms with Gasteiger partial charge < -0.3 is 20.4 Å². The van der Waals surface area contributed by atoms with E-state index < -0.39 is 36.8 Å². The number of hydrogen-bond donors (Lipinski definition) is 4. The van der Waals surface area contributed by atoms with Crippen molar-refractivity contribution in [1.82, 2.24) is 19.9 Å². The number of para-hydroxylation sites is 3. The third kappa shape index (κ3) is 43.3. The molecule has 0 aliphatic heterocycles. The first-order chi connectivity index (χ1) is 72.9. The normalized spacial score (nSPS) is 15.5. The Morgan fingerprint density at radius 3 is 0.947 bits per heavy atom. The molecule has 16 heteroatoms. The largest absolute Gasteiger partial charge is 0.512 e. The number of nitrogens with zero attached hydrogens (tertiary/aromatic N) is 4. The van der Waals surface area contributed by atoms with Crippen LogP contribution in [0.2, 0.25) is 0 Å². The SMILES string of the molecule is CC(=O)C=C(C)O.CCC(CC)C(=O)C=C(O)C(C(C)C)C(C)C.CCCc1cccc2nc(-c3[c-]c(C)cc(C)c3)ccc12.O=C(C=C(O)C1CCCC1)C1CCCC1.O=C(C=C(O)C1CCCCC1)C1CCCCC1.[2H]C([2H])([2H])C(C)(C)Cc1cc(-c2[c-]c(C)cc(C)c2)nc2ccccc12.[2H]C([2H])([2H])C(C)(C)Cc1cc(-c2[c-]c(C)cc(C)c2)nc2ccccc12.[2H]C([2H])([2H])C(C)(C)Cc1cc(-c2[c-]c(C)cc(C)c2)nc2ccccc12.[Ir].[Ir].[Ir].[Ir]. The van der Waals surface area contributed by atoms with E-state index in [1.54, 1.807) is 47.6 Å². The number of allylic oxidation sites excluding steroid dienone is 8. The van der Waals surface area contributed by atoms with Crippen LogP contribution in [0.5, 0.6) is 0 Å². The minimum Gasteiger partial charge on any atom is -0.512 e. The molecular weight excluding hydrogens is 2560 g/mol. The summed E-state index contributed by atoms with van der Waals surface area (Å²) >= 11 is 0. The van der Waals surface area contributed by atoms with Crippen molar-refractivity contribution in [1.29, 1.82) is 0 Å². The molecule has 0 atom stereocenters.